The van der Waals surface area contributed by atoms with Crippen LogP contribution >= 0.6 is 0 Å². The average Bonchev–Trinajstić information content (AvgIpc) is 2.47. The number of carbonyl (C=O) groups excluding carboxylic acids is 1. The lowest BCUT2D eigenvalue weighted by atomic mass is 10.1. The molecule has 0 bridgehead atoms. The van der Waals surface area contributed by atoms with Crippen molar-refractivity contribution in [3.8, 4) is 5.75 Å². The van der Waals surface area contributed by atoms with Gasteiger partial charge >= 0.3 is 0 Å². The summed E-state index contributed by atoms with van der Waals surface area (Å²) in [5.41, 5.74) is 3.35. The number of Topliss-reactive ketones (excluding diaryl/α,β-unsaturated/α-hetero) is 1. The smallest absolute Gasteiger partial charge is 0.159 e. The molecule has 4 heteroatoms. The molecule has 0 saturated heterocycles. The summed E-state index contributed by atoms with van der Waals surface area (Å²) in [6.45, 7) is 3.55. The number of ketones is 1. The number of hydrogen-bond acceptors (Lipinski definition) is 4. The molecule has 2 aromatic carbocycles. The topological polar surface area (TPSA) is 62.2 Å². The van der Waals surface area contributed by atoms with Gasteiger partial charge in [0.15, 0.2) is 5.78 Å². The Morgan fingerprint density at radius 2 is 1.82 bits per heavy atom. The minimum atomic E-state index is 0.0432. The third-order valence-corrected chi connectivity index (χ3v) is 3.56. The van der Waals surface area contributed by atoms with Crippen molar-refractivity contribution >= 4 is 28.2 Å². The van der Waals surface area contributed by atoms with Crippen LogP contribution in [0.3, 0.4) is 0 Å². The lowest BCUT2D eigenvalue weighted by Gasteiger charge is -2.09. The molecule has 0 amide bonds. The molecule has 3 rings (SSSR count). The third-order valence-electron chi connectivity index (χ3n) is 3.56. The maximum Gasteiger partial charge on any atom is 0.159 e. The highest BCUT2D eigenvalue weighted by Crippen LogP contribution is 2.25. The molecule has 0 aliphatic rings. The fourth-order valence-corrected chi connectivity index (χ4v) is 2.39. The second-order valence-electron chi connectivity index (χ2n) is 5.28. The molecule has 1 aromatic heterocycles. The number of aromatic hydroxyl groups is 1. The largest absolute Gasteiger partial charge is 0.508 e. The Labute approximate surface area is 128 Å². The summed E-state index contributed by atoms with van der Waals surface area (Å²) in [7, 11) is 0. The van der Waals surface area contributed by atoms with Gasteiger partial charge in [0, 0.05) is 22.7 Å². The van der Waals surface area contributed by atoms with E-state index in [0.717, 1.165) is 22.2 Å². The van der Waals surface area contributed by atoms with E-state index >= 15 is 0 Å². The molecule has 0 spiro atoms. The summed E-state index contributed by atoms with van der Waals surface area (Å²) in [5.74, 6) is 0.940. The summed E-state index contributed by atoms with van der Waals surface area (Å²) < 4.78 is 0. The van der Waals surface area contributed by atoms with Crippen LogP contribution in [0.4, 0.5) is 11.5 Å². The molecule has 110 valence electrons. The van der Waals surface area contributed by atoms with Gasteiger partial charge in [0.05, 0.1) is 5.52 Å². The summed E-state index contributed by atoms with van der Waals surface area (Å²) in [5, 5.41) is 13.8. The maximum atomic E-state index is 11.3. The molecule has 0 saturated carbocycles. The molecule has 0 radical (unpaired) electrons. The van der Waals surface area contributed by atoms with Crippen LogP contribution in [0.5, 0.6) is 5.75 Å². The fourth-order valence-electron chi connectivity index (χ4n) is 2.39. The van der Waals surface area contributed by atoms with Crippen LogP contribution in [-0.2, 0) is 0 Å². The minimum absolute atomic E-state index is 0.0432. The van der Waals surface area contributed by atoms with E-state index in [1.807, 2.05) is 31.2 Å². The molecule has 0 aliphatic carbocycles. The Hall–Kier alpha value is -2.88. The van der Waals surface area contributed by atoms with Crippen LogP contribution in [0.15, 0.2) is 48.5 Å². The van der Waals surface area contributed by atoms with Crippen LogP contribution < -0.4 is 5.32 Å². The maximum absolute atomic E-state index is 11.3. The van der Waals surface area contributed by atoms with Gasteiger partial charge in [-0.05, 0) is 61.9 Å². The zero-order valence-electron chi connectivity index (χ0n) is 12.4. The van der Waals surface area contributed by atoms with Crippen LogP contribution in [0.25, 0.3) is 10.9 Å². The number of phenolic OH excluding ortho intramolecular Hbond substituents is 1. The predicted molar refractivity (Wildman–Crippen MR) is 87.9 cm³/mol. The number of carbonyl (C=O) groups is 1. The van der Waals surface area contributed by atoms with Crippen molar-refractivity contribution in [2.24, 2.45) is 0 Å². The monoisotopic (exact) mass is 292 g/mol. The normalized spacial score (nSPS) is 10.6. The van der Waals surface area contributed by atoms with E-state index in [9.17, 15) is 9.90 Å². The number of pyridine rings is 1. The molecular formula is C18H16N2O2. The van der Waals surface area contributed by atoms with Gasteiger partial charge in [0.25, 0.3) is 0 Å². The van der Waals surface area contributed by atoms with Crippen molar-refractivity contribution in [2.45, 2.75) is 13.8 Å². The summed E-state index contributed by atoms with van der Waals surface area (Å²) in [4.78, 5) is 15.8. The number of nitrogens with one attached hydrogen (secondary N) is 1. The lowest BCUT2D eigenvalue weighted by Crippen LogP contribution is -1.97. The van der Waals surface area contributed by atoms with Gasteiger partial charge in [-0.3, -0.25) is 4.79 Å². The minimum Gasteiger partial charge on any atom is -0.508 e. The Balaban J connectivity index is 1.94. The van der Waals surface area contributed by atoms with Gasteiger partial charge < -0.3 is 10.4 Å². The Bertz CT molecular complexity index is 855. The Kier molecular flexibility index (Phi) is 3.51. The van der Waals surface area contributed by atoms with Gasteiger partial charge in [-0.15, -0.1) is 0 Å². The highest BCUT2D eigenvalue weighted by molar-refractivity contribution is 5.94. The van der Waals surface area contributed by atoms with Crippen LogP contribution in [0.1, 0.15) is 22.8 Å². The van der Waals surface area contributed by atoms with E-state index in [4.69, 9.17) is 0 Å². The number of nitrogens with zero attached hydrogens (tertiary/aromatic N) is 1. The number of phenols is 1. The summed E-state index contributed by atoms with van der Waals surface area (Å²) in [6, 6.07) is 14.4. The number of rotatable bonds is 3. The van der Waals surface area contributed by atoms with Crippen molar-refractivity contribution in [2.75, 3.05) is 5.32 Å². The number of fused-ring (bicyclic) bond motifs is 1. The first-order chi connectivity index (χ1) is 10.5. The molecule has 0 aliphatic heterocycles. The summed E-state index contributed by atoms with van der Waals surface area (Å²) >= 11 is 0. The first kappa shape index (κ1) is 14.1. The van der Waals surface area contributed by atoms with Gasteiger partial charge in [-0.2, -0.15) is 0 Å². The average molecular weight is 292 g/mol. The van der Waals surface area contributed by atoms with E-state index in [1.165, 1.54) is 0 Å². The molecule has 1 heterocycles. The van der Waals surface area contributed by atoms with Crippen LogP contribution in [0, 0.1) is 6.92 Å². The van der Waals surface area contributed by atoms with Crippen molar-refractivity contribution in [3.63, 3.8) is 0 Å². The molecule has 0 atom stereocenters. The van der Waals surface area contributed by atoms with E-state index in [2.05, 4.69) is 10.3 Å². The highest BCUT2D eigenvalue weighted by atomic mass is 16.3. The van der Waals surface area contributed by atoms with Gasteiger partial charge in [-0.25, -0.2) is 4.98 Å². The standard InChI is InChI=1S/C18H16N2O2/c1-11-9-18(20-17-10-15(22)7-8-16(11)17)19-14-5-3-13(4-6-14)12(2)21/h3-10,22H,1-2H3,(H,19,20). The van der Waals surface area contributed by atoms with Crippen molar-refractivity contribution < 1.29 is 9.90 Å². The first-order valence-corrected chi connectivity index (χ1v) is 7.01. The highest BCUT2D eigenvalue weighted by Gasteiger charge is 2.05. The fraction of sp³-hybridized carbons (Fsp3) is 0.111. The predicted octanol–water partition coefficient (Wildman–Crippen LogP) is 4.20. The van der Waals surface area contributed by atoms with Gasteiger partial charge in [-0.1, -0.05) is 0 Å². The molecule has 0 unspecified atom stereocenters. The quantitative estimate of drug-likeness (QED) is 0.710. The van der Waals surface area contributed by atoms with E-state index in [0.29, 0.717) is 11.4 Å². The SMILES string of the molecule is CC(=O)c1ccc(Nc2cc(C)c3ccc(O)cc3n2)cc1. The zero-order chi connectivity index (χ0) is 15.7. The van der Waals surface area contributed by atoms with E-state index < -0.39 is 0 Å². The number of aromatic nitrogens is 1. The summed E-state index contributed by atoms with van der Waals surface area (Å²) in [6.07, 6.45) is 0. The number of aryl methyl sites for hydroxylation is 1. The molecule has 2 N–H and O–H groups in total. The van der Waals surface area contributed by atoms with E-state index in [-0.39, 0.29) is 11.5 Å². The molecule has 0 fully saturated rings. The lowest BCUT2D eigenvalue weighted by molar-refractivity contribution is 0.101. The van der Waals surface area contributed by atoms with E-state index in [1.54, 1.807) is 31.2 Å². The number of hydrogen-bond donors (Lipinski definition) is 2. The Morgan fingerprint density at radius 1 is 1.09 bits per heavy atom. The van der Waals surface area contributed by atoms with Crippen molar-refractivity contribution in [1.82, 2.24) is 4.98 Å². The zero-order valence-corrected chi connectivity index (χ0v) is 12.4. The van der Waals surface area contributed by atoms with Gasteiger partial charge in [0.2, 0.25) is 0 Å². The van der Waals surface area contributed by atoms with Crippen LogP contribution in [0.2, 0.25) is 0 Å². The second kappa shape index (κ2) is 5.48. The molecule has 4 nitrogen and oxygen atoms in total. The third kappa shape index (κ3) is 2.76. The molecule has 3 aromatic rings. The molecular weight excluding hydrogens is 276 g/mol. The number of benzene rings is 2. The first-order valence-electron chi connectivity index (χ1n) is 7.01. The Morgan fingerprint density at radius 3 is 2.50 bits per heavy atom. The van der Waals surface area contributed by atoms with Crippen molar-refractivity contribution in [1.29, 1.82) is 0 Å². The second-order valence-corrected chi connectivity index (χ2v) is 5.28. The van der Waals surface area contributed by atoms with Gasteiger partial charge in [0.1, 0.15) is 11.6 Å². The molecule has 22 heavy (non-hydrogen) atoms. The number of anilines is 2. The van der Waals surface area contributed by atoms with Crippen molar-refractivity contribution in [3.05, 3.63) is 59.7 Å². The van der Waals surface area contributed by atoms with Crippen LogP contribution in [-0.4, -0.2) is 15.9 Å².